The molecule has 0 spiro atoms. The third-order valence-electron chi connectivity index (χ3n) is 5.73. The van der Waals surface area contributed by atoms with Crippen LogP contribution in [0.15, 0.2) is 60.7 Å². The summed E-state index contributed by atoms with van der Waals surface area (Å²) in [6.45, 7) is 4.51. The maximum absolute atomic E-state index is 13.5. The van der Waals surface area contributed by atoms with E-state index in [4.69, 9.17) is 9.84 Å². The first kappa shape index (κ1) is 20.1. The lowest BCUT2D eigenvalue weighted by Crippen LogP contribution is -2.51. The van der Waals surface area contributed by atoms with E-state index in [0.717, 1.165) is 23.1 Å². The van der Waals surface area contributed by atoms with Crippen molar-refractivity contribution in [3.8, 4) is 0 Å². The van der Waals surface area contributed by atoms with Crippen molar-refractivity contribution in [3.63, 3.8) is 0 Å². The SMILES string of the molecule is C=C1C[C@@H](C(=O)N2CCc3ccccc3[C@@H]2c2ccc(F)cc2)OC[C@@H]1NC(=O)O. The predicted octanol–water partition coefficient (Wildman–Crippen LogP) is 3.28. The van der Waals surface area contributed by atoms with Crippen molar-refractivity contribution >= 4 is 12.0 Å². The Balaban J connectivity index is 1.60. The predicted molar refractivity (Wildman–Crippen MR) is 109 cm³/mol. The number of carboxylic acid groups (broad SMARTS) is 1. The lowest BCUT2D eigenvalue weighted by Gasteiger charge is -2.41. The Bertz CT molecular complexity index is 975. The zero-order valence-electron chi connectivity index (χ0n) is 16.4. The molecule has 2 aromatic carbocycles. The summed E-state index contributed by atoms with van der Waals surface area (Å²) in [5, 5.41) is 11.3. The smallest absolute Gasteiger partial charge is 0.405 e. The molecule has 3 atom stereocenters. The van der Waals surface area contributed by atoms with Gasteiger partial charge < -0.3 is 20.1 Å². The standard InChI is InChI=1S/C23H23FN2O4/c1-14-12-20(30-13-19(14)25-23(28)29)22(27)26-11-10-15-4-2-3-5-18(15)21(26)16-6-8-17(24)9-7-16/h2-9,19-21,25H,1,10-13H2,(H,28,29)/t19-,20-,21-/m0/s1. The fourth-order valence-corrected chi connectivity index (χ4v) is 4.21. The van der Waals surface area contributed by atoms with Crippen LogP contribution in [0.25, 0.3) is 0 Å². The number of nitrogens with zero attached hydrogens (tertiary/aromatic N) is 1. The molecule has 2 heterocycles. The Morgan fingerprint density at radius 3 is 2.60 bits per heavy atom. The number of fused-ring (bicyclic) bond motifs is 1. The van der Waals surface area contributed by atoms with Crippen LogP contribution in [0.3, 0.4) is 0 Å². The van der Waals surface area contributed by atoms with Gasteiger partial charge in [-0.05, 0) is 40.8 Å². The molecule has 6 nitrogen and oxygen atoms in total. The van der Waals surface area contributed by atoms with E-state index in [1.807, 2.05) is 18.2 Å². The maximum atomic E-state index is 13.5. The molecule has 2 amide bonds. The summed E-state index contributed by atoms with van der Waals surface area (Å²) < 4.78 is 19.2. The van der Waals surface area contributed by atoms with E-state index in [0.29, 0.717) is 12.1 Å². The molecule has 2 aromatic rings. The Labute approximate surface area is 174 Å². The molecule has 1 fully saturated rings. The number of nitrogens with one attached hydrogen (secondary N) is 1. The van der Waals surface area contributed by atoms with Crippen LogP contribution in [-0.2, 0) is 16.0 Å². The molecule has 0 aliphatic carbocycles. The van der Waals surface area contributed by atoms with E-state index >= 15 is 0 Å². The lowest BCUT2D eigenvalue weighted by atomic mass is 9.87. The molecule has 4 rings (SSSR count). The van der Waals surface area contributed by atoms with Gasteiger partial charge in [0, 0.05) is 13.0 Å². The zero-order chi connectivity index (χ0) is 21.3. The summed E-state index contributed by atoms with van der Waals surface area (Å²) in [6.07, 6.45) is -0.912. The number of rotatable bonds is 3. The van der Waals surface area contributed by atoms with Crippen molar-refractivity contribution in [2.24, 2.45) is 0 Å². The number of carbonyl (C=O) groups excluding carboxylic acids is 1. The summed E-state index contributed by atoms with van der Waals surface area (Å²) in [7, 11) is 0. The summed E-state index contributed by atoms with van der Waals surface area (Å²) >= 11 is 0. The second kappa shape index (κ2) is 8.28. The first-order valence-corrected chi connectivity index (χ1v) is 9.86. The minimum Gasteiger partial charge on any atom is -0.465 e. The molecule has 0 aromatic heterocycles. The Hall–Kier alpha value is -3.19. The van der Waals surface area contributed by atoms with Gasteiger partial charge in [-0.3, -0.25) is 4.79 Å². The molecule has 0 bridgehead atoms. The van der Waals surface area contributed by atoms with Crippen LogP contribution in [0.5, 0.6) is 0 Å². The van der Waals surface area contributed by atoms with Crippen molar-refractivity contribution in [1.82, 2.24) is 10.2 Å². The number of halogens is 1. The van der Waals surface area contributed by atoms with E-state index in [-0.39, 0.29) is 30.8 Å². The normalized spacial score (nSPS) is 23.6. The average Bonchev–Trinajstić information content (AvgIpc) is 2.74. The highest BCUT2D eigenvalue weighted by atomic mass is 19.1. The Morgan fingerprint density at radius 1 is 1.17 bits per heavy atom. The van der Waals surface area contributed by atoms with Crippen LogP contribution in [0.2, 0.25) is 0 Å². The average molecular weight is 410 g/mol. The van der Waals surface area contributed by atoms with Gasteiger partial charge in [0.1, 0.15) is 11.9 Å². The van der Waals surface area contributed by atoms with Gasteiger partial charge in [-0.1, -0.05) is 43.0 Å². The molecule has 156 valence electrons. The molecule has 1 saturated heterocycles. The van der Waals surface area contributed by atoms with E-state index in [2.05, 4.69) is 18.0 Å². The Kier molecular flexibility index (Phi) is 5.55. The van der Waals surface area contributed by atoms with Crippen molar-refractivity contribution in [1.29, 1.82) is 0 Å². The van der Waals surface area contributed by atoms with E-state index in [1.165, 1.54) is 12.1 Å². The number of benzene rings is 2. The molecule has 2 N–H and O–H groups in total. The second-order valence-corrected chi connectivity index (χ2v) is 7.62. The topological polar surface area (TPSA) is 78.9 Å². The van der Waals surface area contributed by atoms with Gasteiger partial charge in [-0.2, -0.15) is 0 Å². The zero-order valence-corrected chi connectivity index (χ0v) is 16.4. The fourth-order valence-electron chi connectivity index (χ4n) is 4.21. The third kappa shape index (κ3) is 3.93. The fraction of sp³-hybridized carbons (Fsp3) is 0.304. The monoisotopic (exact) mass is 410 g/mol. The van der Waals surface area contributed by atoms with Crippen LogP contribution >= 0.6 is 0 Å². The van der Waals surface area contributed by atoms with E-state index in [1.54, 1.807) is 17.0 Å². The molecule has 2 aliphatic heterocycles. The van der Waals surface area contributed by atoms with Crippen molar-refractivity contribution in [2.75, 3.05) is 13.2 Å². The molecule has 2 aliphatic rings. The molecule has 0 unspecified atom stereocenters. The van der Waals surface area contributed by atoms with Gasteiger partial charge in [0.05, 0.1) is 18.7 Å². The highest BCUT2D eigenvalue weighted by Gasteiger charge is 2.38. The number of ether oxygens (including phenoxy) is 1. The van der Waals surface area contributed by atoms with Gasteiger partial charge in [0.15, 0.2) is 0 Å². The van der Waals surface area contributed by atoms with Crippen LogP contribution in [-0.4, -0.2) is 47.3 Å². The molecule has 0 radical (unpaired) electrons. The van der Waals surface area contributed by atoms with Crippen LogP contribution in [0.4, 0.5) is 9.18 Å². The number of amides is 2. The molecular formula is C23H23FN2O4. The third-order valence-corrected chi connectivity index (χ3v) is 5.73. The highest BCUT2D eigenvalue weighted by Crippen LogP contribution is 2.36. The summed E-state index contributed by atoms with van der Waals surface area (Å²) in [5.41, 5.74) is 3.63. The molecule has 30 heavy (non-hydrogen) atoms. The molecule has 0 saturated carbocycles. The Morgan fingerprint density at radius 2 is 1.90 bits per heavy atom. The first-order chi connectivity index (χ1) is 14.4. The second-order valence-electron chi connectivity index (χ2n) is 7.62. The van der Waals surface area contributed by atoms with Crippen LogP contribution in [0.1, 0.15) is 29.2 Å². The number of carbonyl (C=O) groups is 2. The van der Waals surface area contributed by atoms with Gasteiger partial charge >= 0.3 is 6.09 Å². The minimum atomic E-state index is -1.15. The number of hydrogen-bond acceptors (Lipinski definition) is 3. The quantitative estimate of drug-likeness (QED) is 0.762. The minimum absolute atomic E-state index is 0.0627. The van der Waals surface area contributed by atoms with Crippen molar-refractivity contribution < 1.29 is 23.8 Å². The van der Waals surface area contributed by atoms with E-state index in [9.17, 15) is 14.0 Å². The lowest BCUT2D eigenvalue weighted by molar-refractivity contribution is -0.147. The highest BCUT2D eigenvalue weighted by molar-refractivity contribution is 5.83. The van der Waals surface area contributed by atoms with Gasteiger partial charge in [0.2, 0.25) is 0 Å². The van der Waals surface area contributed by atoms with Crippen molar-refractivity contribution in [3.05, 3.63) is 83.2 Å². The molecular weight excluding hydrogens is 387 g/mol. The van der Waals surface area contributed by atoms with Gasteiger partial charge in [-0.15, -0.1) is 0 Å². The van der Waals surface area contributed by atoms with E-state index < -0.39 is 18.2 Å². The number of hydrogen-bond donors (Lipinski definition) is 2. The van der Waals surface area contributed by atoms with Gasteiger partial charge in [-0.25, -0.2) is 9.18 Å². The summed E-state index contributed by atoms with van der Waals surface area (Å²) in [5.74, 6) is -0.502. The summed E-state index contributed by atoms with van der Waals surface area (Å²) in [4.78, 5) is 26.1. The van der Waals surface area contributed by atoms with Gasteiger partial charge in [0.25, 0.3) is 5.91 Å². The van der Waals surface area contributed by atoms with Crippen LogP contribution < -0.4 is 5.32 Å². The molecule has 7 heteroatoms. The largest absolute Gasteiger partial charge is 0.465 e. The maximum Gasteiger partial charge on any atom is 0.405 e. The summed E-state index contributed by atoms with van der Waals surface area (Å²) in [6, 6.07) is 13.3. The van der Waals surface area contributed by atoms with Crippen molar-refractivity contribution in [2.45, 2.75) is 31.0 Å². The first-order valence-electron chi connectivity index (χ1n) is 9.86. The van der Waals surface area contributed by atoms with Crippen LogP contribution in [0, 0.1) is 5.82 Å².